The third-order valence-corrected chi connectivity index (χ3v) is 7.15. The number of anilines is 1. The van der Waals surface area contributed by atoms with Crippen molar-refractivity contribution in [3.05, 3.63) is 62.6 Å². The molecule has 2 heterocycles. The Bertz CT molecular complexity index is 1070. The number of para-hydroxylation sites is 1. The first-order valence-corrected chi connectivity index (χ1v) is 11.8. The van der Waals surface area contributed by atoms with Crippen LogP contribution in [0.3, 0.4) is 0 Å². The first kappa shape index (κ1) is 25.8. The number of rotatable bonds is 5. The van der Waals surface area contributed by atoms with Crippen LogP contribution in [0.4, 0.5) is 5.69 Å². The van der Waals surface area contributed by atoms with Crippen molar-refractivity contribution in [2.24, 2.45) is 5.92 Å². The number of likely N-dealkylation sites (tertiary alicyclic amines) is 1. The summed E-state index contributed by atoms with van der Waals surface area (Å²) in [7, 11) is 0. The molecule has 0 radical (unpaired) electrons. The van der Waals surface area contributed by atoms with Gasteiger partial charge in [-0.25, -0.2) is 0 Å². The maximum Gasteiger partial charge on any atom is 0.306 e. The van der Waals surface area contributed by atoms with Crippen LogP contribution in [0.2, 0.25) is 10.0 Å². The van der Waals surface area contributed by atoms with Crippen molar-refractivity contribution in [3.8, 4) is 6.07 Å². The van der Waals surface area contributed by atoms with Crippen LogP contribution in [0, 0.1) is 24.2 Å². The SMILES string of the molecule is Cc1cc(C2CN(c3c(Cl)cccc3Cl)C2)cc(C#N)c1CN1CCC(C(=O)O)CC1.O=CO. The average molecular weight is 504 g/mol. The molecule has 0 bridgehead atoms. The van der Waals surface area contributed by atoms with Crippen molar-refractivity contribution in [3.63, 3.8) is 0 Å². The van der Waals surface area contributed by atoms with Crippen LogP contribution in [0.15, 0.2) is 30.3 Å². The van der Waals surface area contributed by atoms with Gasteiger partial charge < -0.3 is 15.1 Å². The highest BCUT2D eigenvalue weighted by Crippen LogP contribution is 2.40. The van der Waals surface area contributed by atoms with Crippen molar-refractivity contribution in [1.82, 2.24) is 4.90 Å². The van der Waals surface area contributed by atoms with E-state index in [4.69, 9.17) is 33.1 Å². The molecule has 4 rings (SSSR count). The molecule has 2 N–H and O–H groups in total. The Morgan fingerprint density at radius 1 is 1.21 bits per heavy atom. The van der Waals surface area contributed by atoms with Crippen molar-refractivity contribution in [2.75, 3.05) is 31.1 Å². The van der Waals surface area contributed by atoms with Gasteiger partial charge in [-0.05, 0) is 67.7 Å². The Balaban J connectivity index is 0.00000103. The second-order valence-corrected chi connectivity index (χ2v) is 9.46. The Morgan fingerprint density at radius 2 is 1.79 bits per heavy atom. The molecule has 0 aliphatic carbocycles. The summed E-state index contributed by atoms with van der Waals surface area (Å²) in [6, 6.07) is 12.1. The summed E-state index contributed by atoms with van der Waals surface area (Å²) in [4.78, 5) is 24.0. The van der Waals surface area contributed by atoms with Gasteiger partial charge in [0.05, 0.1) is 33.3 Å². The van der Waals surface area contributed by atoms with Gasteiger partial charge in [-0.2, -0.15) is 5.26 Å². The number of halogens is 2. The zero-order chi connectivity index (χ0) is 24.8. The van der Waals surface area contributed by atoms with E-state index in [1.54, 1.807) is 0 Å². The molecule has 0 spiro atoms. The maximum atomic E-state index is 11.2. The van der Waals surface area contributed by atoms with E-state index in [1.165, 1.54) is 5.56 Å². The van der Waals surface area contributed by atoms with Crippen LogP contribution in [-0.2, 0) is 16.1 Å². The van der Waals surface area contributed by atoms with Gasteiger partial charge in [-0.15, -0.1) is 0 Å². The molecule has 7 nitrogen and oxygen atoms in total. The lowest BCUT2D eigenvalue weighted by Crippen LogP contribution is -2.45. The summed E-state index contributed by atoms with van der Waals surface area (Å²) >= 11 is 12.7. The number of hydrogen-bond donors (Lipinski definition) is 2. The maximum absolute atomic E-state index is 11.2. The van der Waals surface area contributed by atoms with Gasteiger partial charge in [-0.1, -0.05) is 35.3 Å². The van der Waals surface area contributed by atoms with Crippen molar-refractivity contribution >= 4 is 41.3 Å². The predicted molar refractivity (Wildman–Crippen MR) is 132 cm³/mol. The Hall–Kier alpha value is -2.79. The van der Waals surface area contributed by atoms with E-state index >= 15 is 0 Å². The fraction of sp³-hybridized carbons (Fsp3) is 0.400. The predicted octanol–water partition coefficient (Wildman–Crippen LogP) is 4.77. The van der Waals surface area contributed by atoms with E-state index in [1.807, 2.05) is 24.3 Å². The molecule has 2 saturated heterocycles. The van der Waals surface area contributed by atoms with Crippen molar-refractivity contribution < 1.29 is 19.8 Å². The zero-order valence-corrected chi connectivity index (χ0v) is 20.4. The van der Waals surface area contributed by atoms with Gasteiger partial charge in [0.2, 0.25) is 0 Å². The molecule has 2 aliphatic rings. The number of nitrogens with zero attached hydrogens (tertiary/aromatic N) is 3. The van der Waals surface area contributed by atoms with Gasteiger partial charge in [0.25, 0.3) is 6.47 Å². The van der Waals surface area contributed by atoms with E-state index in [0.717, 1.165) is 43.0 Å². The minimum atomic E-state index is -0.703. The molecular formula is C25H27Cl2N3O4. The molecule has 2 aromatic rings. The molecular weight excluding hydrogens is 477 g/mol. The minimum absolute atomic E-state index is 0.247. The quantitative estimate of drug-likeness (QED) is 0.565. The number of aryl methyl sites for hydroxylation is 1. The summed E-state index contributed by atoms with van der Waals surface area (Å²) in [6.07, 6.45) is 1.33. The average Bonchev–Trinajstić information content (AvgIpc) is 2.77. The number of nitriles is 1. The first-order valence-electron chi connectivity index (χ1n) is 11.0. The monoisotopic (exact) mass is 503 g/mol. The number of carbonyl (C=O) groups is 2. The largest absolute Gasteiger partial charge is 0.483 e. The molecule has 9 heteroatoms. The normalized spacial score (nSPS) is 16.7. The highest BCUT2D eigenvalue weighted by molar-refractivity contribution is 6.39. The number of piperidine rings is 1. The molecule has 0 unspecified atom stereocenters. The third-order valence-electron chi connectivity index (χ3n) is 6.54. The van der Waals surface area contributed by atoms with Crippen LogP contribution in [0.5, 0.6) is 0 Å². The van der Waals surface area contributed by atoms with Gasteiger partial charge in [-0.3, -0.25) is 14.5 Å². The zero-order valence-electron chi connectivity index (χ0n) is 18.9. The number of carboxylic acid groups (broad SMARTS) is 2. The summed E-state index contributed by atoms with van der Waals surface area (Å²) in [5.74, 6) is -0.618. The van der Waals surface area contributed by atoms with Gasteiger partial charge in [0.15, 0.2) is 0 Å². The minimum Gasteiger partial charge on any atom is -0.483 e. The number of hydrogen-bond acceptors (Lipinski definition) is 5. The van der Waals surface area contributed by atoms with Crippen molar-refractivity contribution in [2.45, 2.75) is 32.2 Å². The summed E-state index contributed by atoms with van der Waals surface area (Å²) < 4.78 is 0. The second-order valence-electron chi connectivity index (χ2n) is 8.64. The molecule has 180 valence electrons. The van der Waals surface area contributed by atoms with Crippen molar-refractivity contribution in [1.29, 1.82) is 5.26 Å². The van der Waals surface area contributed by atoms with Crippen LogP contribution in [-0.4, -0.2) is 53.7 Å². The summed E-state index contributed by atoms with van der Waals surface area (Å²) in [6.45, 7) is 5.63. The lowest BCUT2D eigenvalue weighted by molar-refractivity contribution is -0.143. The Labute approximate surface area is 209 Å². The molecule has 2 aliphatic heterocycles. The molecule has 2 fully saturated rings. The summed E-state index contributed by atoms with van der Waals surface area (Å²) in [5.41, 5.74) is 4.92. The number of aliphatic carboxylic acids is 1. The number of benzene rings is 2. The number of carboxylic acids is 1. The third kappa shape index (κ3) is 5.82. The lowest BCUT2D eigenvalue weighted by Gasteiger charge is -2.42. The van der Waals surface area contributed by atoms with E-state index < -0.39 is 5.97 Å². The fourth-order valence-electron chi connectivity index (χ4n) is 4.62. The highest BCUT2D eigenvalue weighted by atomic mass is 35.5. The molecule has 0 saturated carbocycles. The van der Waals surface area contributed by atoms with Crippen LogP contribution >= 0.6 is 23.2 Å². The standard InChI is InChI=1S/C24H25Cl2N3O2.CH2O2/c1-15-9-17(19-12-29(13-19)23-21(25)3-2-4-22(23)26)10-18(11-27)20(15)14-28-7-5-16(6-8-28)24(30)31;2-1-3/h2-4,9-10,16,19H,5-8,12-14H2,1H3,(H,30,31);1H,(H,2,3). The second kappa shape index (κ2) is 11.6. The Morgan fingerprint density at radius 3 is 2.32 bits per heavy atom. The van der Waals surface area contributed by atoms with Gasteiger partial charge in [0.1, 0.15) is 0 Å². The molecule has 0 amide bonds. The smallest absolute Gasteiger partial charge is 0.306 e. The summed E-state index contributed by atoms with van der Waals surface area (Å²) in [5, 5.41) is 27.2. The van der Waals surface area contributed by atoms with E-state index in [9.17, 15) is 15.2 Å². The van der Waals surface area contributed by atoms with Gasteiger partial charge in [0, 0.05) is 25.6 Å². The van der Waals surface area contributed by atoms with E-state index in [-0.39, 0.29) is 12.4 Å². The topological polar surface area (TPSA) is 105 Å². The first-order chi connectivity index (χ1) is 16.3. The van der Waals surface area contributed by atoms with Crippen LogP contribution in [0.1, 0.15) is 41.0 Å². The molecule has 0 atom stereocenters. The van der Waals surface area contributed by atoms with E-state index in [0.29, 0.717) is 40.9 Å². The fourth-order valence-corrected chi connectivity index (χ4v) is 5.25. The van der Waals surface area contributed by atoms with Gasteiger partial charge >= 0.3 is 5.97 Å². The lowest BCUT2D eigenvalue weighted by atomic mass is 9.86. The highest BCUT2D eigenvalue weighted by Gasteiger charge is 2.32. The Kier molecular flexibility index (Phi) is 8.78. The van der Waals surface area contributed by atoms with Crippen LogP contribution in [0.25, 0.3) is 0 Å². The molecule has 0 aromatic heterocycles. The molecule has 2 aromatic carbocycles. The van der Waals surface area contributed by atoms with Crippen LogP contribution < -0.4 is 4.90 Å². The molecule has 34 heavy (non-hydrogen) atoms. The van der Waals surface area contributed by atoms with E-state index in [2.05, 4.69) is 28.9 Å².